The summed E-state index contributed by atoms with van der Waals surface area (Å²) >= 11 is 1.76. The Morgan fingerprint density at radius 3 is 2.82 bits per heavy atom. The molecule has 4 nitrogen and oxygen atoms in total. The van der Waals surface area contributed by atoms with E-state index in [9.17, 15) is 4.79 Å². The maximum absolute atomic E-state index is 11.8. The summed E-state index contributed by atoms with van der Waals surface area (Å²) < 4.78 is 2.27. The molecule has 0 spiro atoms. The Bertz CT molecular complexity index is 612. The Balaban J connectivity index is 0.00000176. The number of carbonyl (C=O) groups is 1. The number of carbonyl (C=O) groups excluding carboxylic acids is 1. The second kappa shape index (κ2) is 6.34. The van der Waals surface area contributed by atoms with Gasteiger partial charge in [-0.05, 0) is 0 Å². The Labute approximate surface area is 146 Å². The van der Waals surface area contributed by atoms with Crippen molar-refractivity contribution >= 4 is 17.7 Å². The van der Waals surface area contributed by atoms with Crippen molar-refractivity contribution in [2.24, 2.45) is 5.73 Å². The summed E-state index contributed by atoms with van der Waals surface area (Å²) in [5.41, 5.74) is 8.47. The smallest absolute Gasteiger partial charge is 0.247 e. The largest absolute Gasteiger partial charge is 1.00 e. The van der Waals surface area contributed by atoms with Crippen molar-refractivity contribution in [2.75, 3.05) is 5.75 Å². The number of halogens is 1. The number of amides is 1. The monoisotopic (exact) mass is 383 g/mol. The van der Waals surface area contributed by atoms with Gasteiger partial charge >= 0.3 is 0 Å². The average Bonchev–Trinajstić information content (AvgIpc) is 2.46. The van der Waals surface area contributed by atoms with Crippen LogP contribution in [0.4, 0.5) is 0 Å². The molecule has 0 aliphatic carbocycles. The number of thioether (sulfide) groups is 1. The molecule has 2 aliphatic rings. The van der Waals surface area contributed by atoms with E-state index in [-0.39, 0.29) is 39.7 Å². The molecule has 1 amide bonds. The number of pyridine rings is 1. The van der Waals surface area contributed by atoms with Gasteiger partial charge in [0.05, 0.1) is 0 Å². The summed E-state index contributed by atoms with van der Waals surface area (Å²) in [6, 6.07) is 5.99. The number of aromatic nitrogens is 1. The molecule has 3 rings (SSSR count). The molecule has 1 aromatic heterocycles. The Hall–Kier alpha value is -0.850. The van der Waals surface area contributed by atoms with Crippen LogP contribution in [0.25, 0.3) is 0 Å². The fraction of sp³-hybridized carbons (Fsp3) is 0.500. The number of nitrogens with two attached hydrogens (primary N) is 1. The van der Waals surface area contributed by atoms with Gasteiger partial charge < -0.3 is 27.6 Å². The molecule has 120 valence electrons. The molecule has 2 N–H and O–H groups in total. The lowest BCUT2D eigenvalue weighted by molar-refractivity contribution is -0.699. The van der Waals surface area contributed by atoms with Gasteiger partial charge in [-0.3, -0.25) is 4.79 Å². The molecule has 2 aliphatic heterocycles. The molecule has 2 atom stereocenters. The van der Waals surface area contributed by atoms with Crippen molar-refractivity contribution in [1.29, 1.82) is 0 Å². The zero-order valence-electron chi connectivity index (χ0n) is 13.1. The molecule has 1 saturated heterocycles. The van der Waals surface area contributed by atoms with Gasteiger partial charge in [0.25, 0.3) is 0 Å². The van der Waals surface area contributed by atoms with Crippen LogP contribution in [0.3, 0.4) is 0 Å². The van der Waals surface area contributed by atoms with Crippen LogP contribution in [0.15, 0.2) is 36.2 Å². The van der Waals surface area contributed by atoms with Crippen molar-refractivity contribution in [3.05, 3.63) is 41.9 Å². The number of hydrogen-bond donors (Lipinski definition) is 1. The van der Waals surface area contributed by atoms with Gasteiger partial charge in [-0.15, -0.1) is 11.8 Å². The highest BCUT2D eigenvalue weighted by molar-refractivity contribution is 8.00. The molecule has 0 radical (unpaired) electrons. The summed E-state index contributed by atoms with van der Waals surface area (Å²) in [5.74, 6) is 0.979. The SMILES string of the molecule is CC(C)(C)c1cccc[n+]1CC1=CN2C(=O)[C@@H](N)[C@H]2SC1.[Br-]. The fourth-order valence-corrected chi connectivity index (χ4v) is 4.06. The lowest BCUT2D eigenvalue weighted by Gasteiger charge is -2.45. The molecule has 3 heterocycles. The normalized spacial score (nSPS) is 24.1. The van der Waals surface area contributed by atoms with E-state index in [0.717, 1.165) is 12.3 Å². The minimum absolute atomic E-state index is 0. The number of rotatable bonds is 2. The van der Waals surface area contributed by atoms with Crippen molar-refractivity contribution in [3.63, 3.8) is 0 Å². The van der Waals surface area contributed by atoms with Crippen LogP contribution in [-0.4, -0.2) is 28.0 Å². The van der Waals surface area contributed by atoms with E-state index < -0.39 is 0 Å². The minimum Gasteiger partial charge on any atom is -1.00 e. The lowest BCUT2D eigenvalue weighted by atomic mass is 9.91. The Morgan fingerprint density at radius 1 is 1.41 bits per heavy atom. The van der Waals surface area contributed by atoms with E-state index in [1.165, 1.54) is 11.3 Å². The molecular formula is C16H22BrN3OS. The van der Waals surface area contributed by atoms with Gasteiger partial charge in [0.1, 0.15) is 11.4 Å². The maximum Gasteiger partial charge on any atom is 0.247 e. The third-order valence-electron chi connectivity index (χ3n) is 3.96. The van der Waals surface area contributed by atoms with Crippen molar-refractivity contribution in [1.82, 2.24) is 4.90 Å². The highest BCUT2D eigenvalue weighted by Crippen LogP contribution is 2.35. The predicted molar refractivity (Wildman–Crippen MR) is 84.5 cm³/mol. The van der Waals surface area contributed by atoms with Gasteiger partial charge in [-0.25, -0.2) is 0 Å². The first-order valence-corrected chi connectivity index (χ1v) is 8.31. The van der Waals surface area contributed by atoms with Crippen LogP contribution in [-0.2, 0) is 16.8 Å². The Morgan fingerprint density at radius 2 is 2.14 bits per heavy atom. The number of β-lactam (4-membered cyclic amide) rings is 1. The molecular weight excluding hydrogens is 362 g/mol. The summed E-state index contributed by atoms with van der Waals surface area (Å²) in [4.78, 5) is 13.5. The first-order valence-electron chi connectivity index (χ1n) is 7.26. The van der Waals surface area contributed by atoms with E-state index in [4.69, 9.17) is 5.73 Å². The molecule has 0 aromatic carbocycles. The van der Waals surface area contributed by atoms with Crippen LogP contribution in [0, 0.1) is 0 Å². The van der Waals surface area contributed by atoms with Crippen molar-refractivity contribution < 1.29 is 26.3 Å². The molecule has 6 heteroatoms. The van der Waals surface area contributed by atoms with Crippen LogP contribution in [0.2, 0.25) is 0 Å². The first-order chi connectivity index (χ1) is 9.88. The molecule has 0 bridgehead atoms. The zero-order chi connectivity index (χ0) is 15.2. The maximum atomic E-state index is 11.8. The van der Waals surface area contributed by atoms with Crippen molar-refractivity contribution in [3.8, 4) is 0 Å². The van der Waals surface area contributed by atoms with E-state index in [0.29, 0.717) is 0 Å². The van der Waals surface area contributed by atoms with Crippen LogP contribution < -0.4 is 27.3 Å². The molecule has 1 fully saturated rings. The van der Waals surface area contributed by atoms with Crippen LogP contribution in [0.1, 0.15) is 26.5 Å². The standard InChI is InChI=1S/C16H22N3OS.BrH/c1-16(2,3)12-6-4-5-7-18(12)8-11-9-19-14(20)13(17)15(19)21-10-11;/h4-7,9,13,15H,8,10,17H2,1-3H3;1H/q+1;/p-1/t13-,15-;/m1./s1. The highest BCUT2D eigenvalue weighted by atomic mass is 79.9. The van der Waals surface area contributed by atoms with Gasteiger partial charge in [0, 0.05) is 35.1 Å². The van der Waals surface area contributed by atoms with E-state index >= 15 is 0 Å². The van der Waals surface area contributed by atoms with Gasteiger partial charge in [-0.2, -0.15) is 4.57 Å². The molecule has 22 heavy (non-hydrogen) atoms. The topological polar surface area (TPSA) is 50.2 Å². The van der Waals surface area contributed by atoms with Crippen LogP contribution in [0.5, 0.6) is 0 Å². The molecule has 0 unspecified atom stereocenters. The lowest BCUT2D eigenvalue weighted by Crippen LogP contribution is -3.00. The first kappa shape index (κ1) is 17.5. The second-order valence-corrected chi connectivity index (χ2v) is 7.83. The fourth-order valence-electron chi connectivity index (χ4n) is 2.86. The third kappa shape index (κ3) is 3.09. The number of fused-ring (bicyclic) bond motifs is 1. The quantitative estimate of drug-likeness (QED) is 0.494. The Kier molecular flexibility index (Phi) is 5.04. The summed E-state index contributed by atoms with van der Waals surface area (Å²) in [6.45, 7) is 7.48. The van der Waals surface area contributed by atoms with E-state index in [1.54, 1.807) is 16.7 Å². The average molecular weight is 384 g/mol. The minimum atomic E-state index is -0.317. The van der Waals surface area contributed by atoms with Gasteiger partial charge in [0.15, 0.2) is 18.4 Å². The van der Waals surface area contributed by atoms with E-state index in [1.807, 2.05) is 6.20 Å². The predicted octanol–water partition coefficient (Wildman–Crippen LogP) is -1.60. The van der Waals surface area contributed by atoms with Crippen LogP contribution >= 0.6 is 11.8 Å². The second-order valence-electron chi connectivity index (χ2n) is 6.72. The number of hydrogen-bond acceptors (Lipinski definition) is 3. The van der Waals surface area contributed by atoms with E-state index in [2.05, 4.69) is 49.7 Å². The summed E-state index contributed by atoms with van der Waals surface area (Å²) in [5, 5.41) is 0.143. The summed E-state index contributed by atoms with van der Waals surface area (Å²) in [6.07, 6.45) is 4.11. The van der Waals surface area contributed by atoms with Crippen molar-refractivity contribution in [2.45, 2.75) is 44.1 Å². The van der Waals surface area contributed by atoms with Gasteiger partial charge in [-0.1, -0.05) is 26.8 Å². The number of nitrogens with zero attached hydrogens (tertiary/aromatic N) is 2. The highest BCUT2D eigenvalue weighted by Gasteiger charge is 2.46. The summed E-state index contributed by atoms with van der Waals surface area (Å²) in [7, 11) is 0. The third-order valence-corrected chi connectivity index (χ3v) is 5.36. The molecule has 1 aromatic rings. The molecule has 0 saturated carbocycles. The zero-order valence-corrected chi connectivity index (χ0v) is 15.5. The van der Waals surface area contributed by atoms with Gasteiger partial charge in [0.2, 0.25) is 5.91 Å².